The molecule has 19 heavy (non-hydrogen) atoms. The molecule has 1 N–H and O–H groups in total. The van der Waals surface area contributed by atoms with Crippen LogP contribution in [0.1, 0.15) is 33.4 Å². The third-order valence-corrected chi connectivity index (χ3v) is 4.85. The van der Waals surface area contributed by atoms with Crippen LogP contribution in [0.25, 0.3) is 0 Å². The lowest BCUT2D eigenvalue weighted by Crippen LogP contribution is -2.13. The van der Waals surface area contributed by atoms with Crippen LogP contribution in [0.15, 0.2) is 18.2 Å². The highest BCUT2D eigenvalue weighted by Crippen LogP contribution is 2.68. The molecule has 0 unspecified atom stereocenters. The van der Waals surface area contributed by atoms with Crippen molar-refractivity contribution in [1.29, 1.82) is 0 Å². The van der Waals surface area contributed by atoms with Gasteiger partial charge in [-0.05, 0) is 28.9 Å². The Bertz CT molecular complexity index is 464. The first-order valence-electron chi connectivity index (χ1n) is 6.35. The maximum absolute atomic E-state index is 12.5. The van der Waals surface area contributed by atoms with E-state index < -0.39 is 11.9 Å². The van der Waals surface area contributed by atoms with Crippen LogP contribution in [0, 0.1) is 16.7 Å². The summed E-state index contributed by atoms with van der Waals surface area (Å²) in [7, 11) is 0. The lowest BCUT2D eigenvalue weighted by molar-refractivity contribution is -0.141. The molecule has 0 atom stereocenters. The number of rotatable bonds is 3. The average molecular weight is 272 g/mol. The molecule has 2 nitrogen and oxygen atoms in total. The molecule has 0 radical (unpaired) electrons. The standard InChI is InChI=1S/C14H19F3N2/c1-12(2)9(13(12,3)4)8-18-11-7-5-6-10(19-11)14(15,16)17/h5-7,9H,8H2,1-4H3,(H,18,19). The van der Waals surface area contributed by atoms with E-state index in [4.69, 9.17) is 0 Å². The molecule has 0 spiro atoms. The predicted octanol–water partition coefficient (Wildman–Crippen LogP) is 4.19. The third kappa shape index (κ3) is 2.42. The van der Waals surface area contributed by atoms with Gasteiger partial charge in [-0.3, -0.25) is 0 Å². The summed E-state index contributed by atoms with van der Waals surface area (Å²) in [5.41, 5.74) is -0.435. The first-order valence-corrected chi connectivity index (χ1v) is 6.35. The van der Waals surface area contributed by atoms with Crippen LogP contribution in [0.2, 0.25) is 0 Å². The molecule has 106 valence electrons. The molecular formula is C14H19F3N2. The summed E-state index contributed by atoms with van der Waals surface area (Å²) < 4.78 is 37.6. The molecule has 0 bridgehead atoms. The zero-order chi connectivity index (χ0) is 14.5. The van der Waals surface area contributed by atoms with Crippen molar-refractivity contribution < 1.29 is 13.2 Å². The Morgan fingerprint density at radius 1 is 1.16 bits per heavy atom. The summed E-state index contributed by atoms with van der Waals surface area (Å²) in [6, 6.07) is 3.93. The van der Waals surface area contributed by atoms with Crippen LogP contribution >= 0.6 is 0 Å². The molecule has 1 aromatic rings. The van der Waals surface area contributed by atoms with E-state index in [2.05, 4.69) is 38.0 Å². The van der Waals surface area contributed by atoms with Crippen molar-refractivity contribution in [2.45, 2.75) is 33.9 Å². The van der Waals surface area contributed by atoms with Crippen molar-refractivity contribution in [2.75, 3.05) is 11.9 Å². The van der Waals surface area contributed by atoms with Gasteiger partial charge >= 0.3 is 6.18 Å². The van der Waals surface area contributed by atoms with Gasteiger partial charge in [0.15, 0.2) is 0 Å². The number of nitrogens with one attached hydrogen (secondary N) is 1. The molecule has 0 aromatic carbocycles. The number of pyridine rings is 1. The number of halogens is 3. The quantitative estimate of drug-likeness (QED) is 0.892. The average Bonchev–Trinajstić information content (AvgIpc) is 2.66. The van der Waals surface area contributed by atoms with Gasteiger partial charge in [-0.15, -0.1) is 0 Å². The summed E-state index contributed by atoms with van der Waals surface area (Å²) in [5, 5.41) is 3.02. The number of aromatic nitrogens is 1. The van der Waals surface area contributed by atoms with E-state index in [0.29, 0.717) is 12.5 Å². The Kier molecular flexibility index (Phi) is 3.07. The summed E-state index contributed by atoms with van der Waals surface area (Å²) in [6.45, 7) is 9.37. The predicted molar refractivity (Wildman–Crippen MR) is 68.8 cm³/mol. The normalized spacial score (nSPS) is 21.2. The van der Waals surface area contributed by atoms with Gasteiger partial charge in [-0.1, -0.05) is 33.8 Å². The summed E-state index contributed by atoms with van der Waals surface area (Å²) in [4.78, 5) is 3.60. The fourth-order valence-electron chi connectivity index (χ4n) is 2.74. The SMILES string of the molecule is CC1(C)C(CNc2cccc(C(F)(F)F)n2)C1(C)C. The fourth-order valence-corrected chi connectivity index (χ4v) is 2.74. The highest BCUT2D eigenvalue weighted by atomic mass is 19.4. The molecule has 1 fully saturated rings. The molecule has 0 amide bonds. The van der Waals surface area contributed by atoms with Gasteiger partial charge in [0, 0.05) is 6.54 Å². The molecule has 1 saturated carbocycles. The monoisotopic (exact) mass is 272 g/mol. The van der Waals surface area contributed by atoms with E-state index in [1.807, 2.05) is 0 Å². The maximum atomic E-state index is 12.5. The first-order chi connectivity index (χ1) is 8.57. The van der Waals surface area contributed by atoms with Crippen LogP contribution in [0.4, 0.5) is 19.0 Å². The third-order valence-electron chi connectivity index (χ3n) is 4.85. The summed E-state index contributed by atoms with van der Waals surface area (Å²) in [5.74, 6) is 0.727. The molecular weight excluding hydrogens is 253 g/mol. The Hall–Kier alpha value is -1.26. The molecule has 0 saturated heterocycles. The van der Waals surface area contributed by atoms with Gasteiger partial charge in [-0.2, -0.15) is 13.2 Å². The van der Waals surface area contributed by atoms with Crippen molar-refractivity contribution >= 4 is 5.82 Å². The number of alkyl halides is 3. The van der Waals surface area contributed by atoms with E-state index in [1.54, 1.807) is 6.07 Å². The van der Waals surface area contributed by atoms with E-state index >= 15 is 0 Å². The van der Waals surface area contributed by atoms with Crippen molar-refractivity contribution in [2.24, 2.45) is 16.7 Å². The molecule has 1 aromatic heterocycles. The second-order valence-electron chi connectivity index (χ2n) is 6.28. The Morgan fingerprint density at radius 3 is 2.21 bits per heavy atom. The Balaban J connectivity index is 2.02. The fraction of sp³-hybridized carbons (Fsp3) is 0.643. The molecule has 0 aliphatic heterocycles. The zero-order valence-corrected chi connectivity index (χ0v) is 11.6. The Labute approximate surface area is 111 Å². The molecule has 5 heteroatoms. The second-order valence-corrected chi connectivity index (χ2v) is 6.28. The summed E-state index contributed by atoms with van der Waals surface area (Å²) >= 11 is 0. The van der Waals surface area contributed by atoms with E-state index in [1.165, 1.54) is 6.07 Å². The van der Waals surface area contributed by atoms with Gasteiger partial charge < -0.3 is 5.32 Å². The van der Waals surface area contributed by atoms with Gasteiger partial charge in [0.05, 0.1) is 0 Å². The minimum Gasteiger partial charge on any atom is -0.370 e. The van der Waals surface area contributed by atoms with Crippen molar-refractivity contribution in [3.8, 4) is 0 Å². The minimum absolute atomic E-state index is 0.210. The number of hydrogen-bond acceptors (Lipinski definition) is 2. The highest BCUT2D eigenvalue weighted by molar-refractivity contribution is 5.37. The zero-order valence-electron chi connectivity index (χ0n) is 11.6. The van der Waals surface area contributed by atoms with Crippen LogP contribution in [0.5, 0.6) is 0 Å². The van der Waals surface area contributed by atoms with Crippen LogP contribution < -0.4 is 5.32 Å². The second kappa shape index (κ2) is 4.12. The summed E-state index contributed by atoms with van der Waals surface area (Å²) in [6.07, 6.45) is -4.39. The number of hydrogen-bond donors (Lipinski definition) is 1. The highest BCUT2D eigenvalue weighted by Gasteiger charge is 2.64. The first kappa shape index (κ1) is 14.2. The van der Waals surface area contributed by atoms with E-state index in [0.717, 1.165) is 6.07 Å². The van der Waals surface area contributed by atoms with Gasteiger partial charge in [-0.25, -0.2) is 4.98 Å². The Morgan fingerprint density at radius 2 is 1.74 bits per heavy atom. The van der Waals surface area contributed by atoms with Crippen LogP contribution in [-0.2, 0) is 6.18 Å². The molecule has 1 heterocycles. The van der Waals surface area contributed by atoms with Crippen LogP contribution in [-0.4, -0.2) is 11.5 Å². The van der Waals surface area contributed by atoms with Crippen molar-refractivity contribution in [1.82, 2.24) is 4.98 Å². The van der Waals surface area contributed by atoms with Gasteiger partial charge in [0.1, 0.15) is 11.5 Å². The minimum atomic E-state index is -4.39. The largest absolute Gasteiger partial charge is 0.433 e. The number of nitrogens with zero attached hydrogens (tertiary/aromatic N) is 1. The lowest BCUT2D eigenvalue weighted by Gasteiger charge is -2.10. The molecule has 2 rings (SSSR count). The maximum Gasteiger partial charge on any atom is 0.433 e. The topological polar surface area (TPSA) is 24.9 Å². The number of anilines is 1. The van der Waals surface area contributed by atoms with Gasteiger partial charge in [0.2, 0.25) is 0 Å². The van der Waals surface area contributed by atoms with E-state index in [-0.39, 0.29) is 16.6 Å². The van der Waals surface area contributed by atoms with Crippen molar-refractivity contribution in [3.05, 3.63) is 23.9 Å². The van der Waals surface area contributed by atoms with E-state index in [9.17, 15) is 13.2 Å². The molecule has 1 aliphatic carbocycles. The lowest BCUT2D eigenvalue weighted by atomic mass is 10.0. The van der Waals surface area contributed by atoms with Crippen molar-refractivity contribution in [3.63, 3.8) is 0 Å². The smallest absolute Gasteiger partial charge is 0.370 e. The molecule has 1 aliphatic rings. The van der Waals surface area contributed by atoms with Crippen LogP contribution in [0.3, 0.4) is 0 Å². The van der Waals surface area contributed by atoms with Gasteiger partial charge in [0.25, 0.3) is 0 Å².